The minimum absolute atomic E-state index is 0.683. The molecule has 0 aromatic heterocycles. The molecule has 0 spiro atoms. The van der Waals surface area contributed by atoms with Gasteiger partial charge in [-0.3, -0.25) is 0 Å². The second kappa shape index (κ2) is 5.19. The topological polar surface area (TPSA) is 29.5 Å². The zero-order valence-electron chi connectivity index (χ0n) is 10.1. The Morgan fingerprint density at radius 3 is 2.94 bits per heavy atom. The summed E-state index contributed by atoms with van der Waals surface area (Å²) >= 11 is 0. The summed E-state index contributed by atoms with van der Waals surface area (Å²) in [4.78, 5) is 0. The Hall–Kier alpha value is -1.54. The van der Waals surface area contributed by atoms with E-state index >= 15 is 0 Å². The summed E-state index contributed by atoms with van der Waals surface area (Å²) < 4.78 is 5.18. The normalized spacial score (nSPS) is 22.7. The molecule has 1 unspecified atom stereocenters. The van der Waals surface area contributed by atoms with Crippen molar-refractivity contribution in [2.75, 3.05) is 7.11 Å². The molecular weight excluding hydrogens is 212 g/mol. The number of methoxy groups -OCH3 is 1. The Labute approximate surface area is 102 Å². The van der Waals surface area contributed by atoms with Gasteiger partial charge in [-0.05, 0) is 37.0 Å². The van der Waals surface area contributed by atoms with E-state index in [0.29, 0.717) is 6.42 Å². The molecule has 0 saturated heterocycles. The molecule has 2 nitrogen and oxygen atoms in total. The highest BCUT2D eigenvalue weighted by Crippen LogP contribution is 2.24. The standard InChI is InChI=1S/C15H18O2/c1-17-14-7-5-6-13(12-14)8-11-15(16)9-3-2-4-10-15/h2-7,9,12,16H,8,10-11H2,1H3. The van der Waals surface area contributed by atoms with Gasteiger partial charge in [-0.25, -0.2) is 0 Å². The van der Waals surface area contributed by atoms with Crippen LogP contribution in [0.1, 0.15) is 18.4 Å². The molecular formula is C15H18O2. The molecule has 1 aliphatic rings. The number of allylic oxidation sites excluding steroid dienone is 2. The van der Waals surface area contributed by atoms with E-state index in [-0.39, 0.29) is 0 Å². The van der Waals surface area contributed by atoms with Crippen LogP contribution in [-0.4, -0.2) is 17.8 Å². The van der Waals surface area contributed by atoms with E-state index in [1.165, 1.54) is 5.56 Å². The smallest absolute Gasteiger partial charge is 0.119 e. The van der Waals surface area contributed by atoms with Gasteiger partial charge >= 0.3 is 0 Å². The molecule has 0 radical (unpaired) electrons. The fraction of sp³-hybridized carbons (Fsp3) is 0.333. The van der Waals surface area contributed by atoms with Crippen molar-refractivity contribution in [3.63, 3.8) is 0 Å². The van der Waals surface area contributed by atoms with Gasteiger partial charge in [-0.1, -0.05) is 36.4 Å². The second-order valence-electron chi connectivity index (χ2n) is 4.45. The van der Waals surface area contributed by atoms with Crippen LogP contribution in [0.15, 0.2) is 48.6 Å². The first kappa shape index (κ1) is 11.9. The summed E-state index contributed by atoms with van der Waals surface area (Å²) in [6, 6.07) is 8.00. The van der Waals surface area contributed by atoms with Crippen molar-refractivity contribution in [2.45, 2.75) is 24.9 Å². The molecule has 0 bridgehead atoms. The molecule has 1 aliphatic carbocycles. The third-order valence-electron chi connectivity index (χ3n) is 3.11. The average molecular weight is 230 g/mol. The molecule has 1 aromatic rings. The Morgan fingerprint density at radius 2 is 2.24 bits per heavy atom. The number of aryl methyl sites for hydroxylation is 1. The van der Waals surface area contributed by atoms with Crippen molar-refractivity contribution in [3.05, 3.63) is 54.1 Å². The van der Waals surface area contributed by atoms with Gasteiger partial charge in [-0.15, -0.1) is 0 Å². The first-order valence-corrected chi connectivity index (χ1v) is 5.91. The maximum atomic E-state index is 10.3. The summed E-state index contributed by atoms with van der Waals surface area (Å²) in [6.45, 7) is 0. The van der Waals surface area contributed by atoms with Crippen molar-refractivity contribution in [1.29, 1.82) is 0 Å². The van der Waals surface area contributed by atoms with Gasteiger partial charge in [0.15, 0.2) is 0 Å². The number of ether oxygens (including phenoxy) is 1. The van der Waals surface area contributed by atoms with Gasteiger partial charge in [0, 0.05) is 0 Å². The summed E-state index contributed by atoms with van der Waals surface area (Å²) in [5, 5.41) is 10.3. The quantitative estimate of drug-likeness (QED) is 0.861. The molecule has 2 heteroatoms. The van der Waals surface area contributed by atoms with Crippen LogP contribution in [0.5, 0.6) is 5.75 Å². The number of aliphatic hydroxyl groups is 1. The molecule has 17 heavy (non-hydrogen) atoms. The molecule has 1 atom stereocenters. The first-order chi connectivity index (χ1) is 8.22. The Morgan fingerprint density at radius 1 is 1.35 bits per heavy atom. The summed E-state index contributed by atoms with van der Waals surface area (Å²) in [6.07, 6.45) is 10.1. The molecule has 0 fully saturated rings. The fourth-order valence-electron chi connectivity index (χ4n) is 2.03. The fourth-order valence-corrected chi connectivity index (χ4v) is 2.03. The maximum absolute atomic E-state index is 10.3. The van der Waals surface area contributed by atoms with Crippen LogP contribution in [0.25, 0.3) is 0 Å². The zero-order valence-corrected chi connectivity index (χ0v) is 10.1. The maximum Gasteiger partial charge on any atom is 0.119 e. The van der Waals surface area contributed by atoms with Crippen LogP contribution in [0.3, 0.4) is 0 Å². The van der Waals surface area contributed by atoms with E-state index in [9.17, 15) is 5.11 Å². The first-order valence-electron chi connectivity index (χ1n) is 5.91. The molecule has 2 rings (SSSR count). The van der Waals surface area contributed by atoms with E-state index in [2.05, 4.69) is 6.07 Å². The van der Waals surface area contributed by atoms with Gasteiger partial charge < -0.3 is 9.84 Å². The number of hydrogen-bond acceptors (Lipinski definition) is 2. The van der Waals surface area contributed by atoms with Crippen molar-refractivity contribution in [3.8, 4) is 5.75 Å². The van der Waals surface area contributed by atoms with Gasteiger partial charge in [0.05, 0.1) is 12.7 Å². The average Bonchev–Trinajstić information content (AvgIpc) is 2.38. The number of rotatable bonds is 4. The second-order valence-corrected chi connectivity index (χ2v) is 4.45. The van der Waals surface area contributed by atoms with Crippen LogP contribution in [0, 0.1) is 0 Å². The van der Waals surface area contributed by atoms with Crippen LogP contribution >= 0.6 is 0 Å². The van der Waals surface area contributed by atoms with Crippen LogP contribution < -0.4 is 4.74 Å². The number of hydrogen-bond donors (Lipinski definition) is 1. The van der Waals surface area contributed by atoms with E-state index in [0.717, 1.165) is 18.6 Å². The van der Waals surface area contributed by atoms with Crippen LogP contribution in [-0.2, 0) is 6.42 Å². The predicted molar refractivity (Wildman–Crippen MR) is 69.2 cm³/mol. The summed E-state index contributed by atoms with van der Waals surface area (Å²) in [7, 11) is 1.67. The lowest BCUT2D eigenvalue weighted by atomic mass is 9.89. The number of benzene rings is 1. The van der Waals surface area contributed by atoms with Gasteiger partial charge in [0.25, 0.3) is 0 Å². The lowest BCUT2D eigenvalue weighted by molar-refractivity contribution is 0.0838. The molecule has 0 saturated carbocycles. The molecule has 0 heterocycles. The Kier molecular flexibility index (Phi) is 3.64. The molecule has 1 aromatic carbocycles. The van der Waals surface area contributed by atoms with Gasteiger partial charge in [-0.2, -0.15) is 0 Å². The minimum Gasteiger partial charge on any atom is -0.497 e. The highest BCUT2D eigenvalue weighted by molar-refractivity contribution is 5.29. The summed E-state index contributed by atoms with van der Waals surface area (Å²) in [5.74, 6) is 0.869. The third-order valence-corrected chi connectivity index (χ3v) is 3.11. The van der Waals surface area contributed by atoms with Crippen molar-refractivity contribution in [1.82, 2.24) is 0 Å². The highest BCUT2D eigenvalue weighted by Gasteiger charge is 2.22. The molecule has 0 amide bonds. The van der Waals surface area contributed by atoms with E-state index in [1.807, 2.05) is 42.5 Å². The molecule has 90 valence electrons. The monoisotopic (exact) mass is 230 g/mol. The lowest BCUT2D eigenvalue weighted by Crippen LogP contribution is -2.26. The predicted octanol–water partition coefficient (Wildman–Crippen LogP) is 2.88. The largest absolute Gasteiger partial charge is 0.497 e. The van der Waals surface area contributed by atoms with Crippen LogP contribution in [0.2, 0.25) is 0 Å². The third kappa shape index (κ3) is 3.21. The summed E-state index contributed by atoms with van der Waals surface area (Å²) in [5.41, 5.74) is 0.512. The highest BCUT2D eigenvalue weighted by atomic mass is 16.5. The zero-order chi connectivity index (χ0) is 12.1. The van der Waals surface area contributed by atoms with E-state index in [1.54, 1.807) is 7.11 Å². The van der Waals surface area contributed by atoms with E-state index < -0.39 is 5.60 Å². The van der Waals surface area contributed by atoms with Gasteiger partial charge in [0.1, 0.15) is 5.75 Å². The SMILES string of the molecule is COc1cccc(CCC2(O)C=CC=CC2)c1. The van der Waals surface area contributed by atoms with Crippen molar-refractivity contribution >= 4 is 0 Å². The van der Waals surface area contributed by atoms with E-state index in [4.69, 9.17) is 4.74 Å². The molecule has 0 aliphatic heterocycles. The lowest BCUT2D eigenvalue weighted by Gasteiger charge is -2.24. The van der Waals surface area contributed by atoms with Crippen LogP contribution in [0.4, 0.5) is 0 Å². The van der Waals surface area contributed by atoms with Crippen molar-refractivity contribution in [2.24, 2.45) is 0 Å². The molecule has 1 N–H and O–H groups in total. The minimum atomic E-state index is -0.683. The Bertz CT molecular complexity index is 434. The van der Waals surface area contributed by atoms with Gasteiger partial charge in [0.2, 0.25) is 0 Å². The van der Waals surface area contributed by atoms with Crippen molar-refractivity contribution < 1.29 is 9.84 Å². The Balaban J connectivity index is 1.97.